The molecule has 4 nitrogen and oxygen atoms in total. The molecule has 0 heterocycles. The Bertz CT molecular complexity index is 410. The number of nitrogens with one attached hydrogen (secondary N) is 1. The van der Waals surface area contributed by atoms with E-state index in [4.69, 9.17) is 10.00 Å². The second-order valence-corrected chi connectivity index (χ2v) is 3.31. The molecule has 0 radical (unpaired) electrons. The van der Waals surface area contributed by atoms with Gasteiger partial charge in [-0.3, -0.25) is 4.79 Å². The molecular formula is C12H14N2O2. The van der Waals surface area contributed by atoms with Gasteiger partial charge >= 0.3 is 0 Å². The summed E-state index contributed by atoms with van der Waals surface area (Å²) in [4.78, 5) is 11.6. The van der Waals surface area contributed by atoms with Crippen LogP contribution in [-0.4, -0.2) is 13.0 Å². The van der Waals surface area contributed by atoms with Crippen LogP contribution >= 0.6 is 0 Å². The van der Waals surface area contributed by atoms with Gasteiger partial charge in [-0.05, 0) is 18.6 Å². The number of hydrogen-bond acceptors (Lipinski definition) is 3. The van der Waals surface area contributed by atoms with Gasteiger partial charge in [0.15, 0.2) is 0 Å². The smallest absolute Gasteiger partial charge is 0.241 e. The summed E-state index contributed by atoms with van der Waals surface area (Å²) in [5.74, 6) is -0.215. The molecule has 0 fully saturated rings. The van der Waals surface area contributed by atoms with Crippen molar-refractivity contribution in [1.82, 2.24) is 0 Å². The number of amides is 1. The van der Waals surface area contributed by atoms with Crippen molar-refractivity contribution in [2.24, 2.45) is 5.92 Å². The predicted molar refractivity (Wildman–Crippen MR) is 61.0 cm³/mol. The average molecular weight is 218 g/mol. The number of anilines is 1. The van der Waals surface area contributed by atoms with Crippen molar-refractivity contribution in [1.29, 1.82) is 5.26 Å². The van der Waals surface area contributed by atoms with E-state index in [1.165, 1.54) is 0 Å². The van der Waals surface area contributed by atoms with Gasteiger partial charge in [0, 0.05) is 11.8 Å². The van der Waals surface area contributed by atoms with E-state index in [1.54, 1.807) is 38.3 Å². The number of carbonyl (C=O) groups is 1. The largest absolute Gasteiger partial charge is 0.497 e. The van der Waals surface area contributed by atoms with Crippen molar-refractivity contribution in [3.8, 4) is 11.8 Å². The highest BCUT2D eigenvalue weighted by atomic mass is 16.5. The maximum atomic E-state index is 11.6. The summed E-state index contributed by atoms with van der Waals surface area (Å²) in [7, 11) is 1.56. The quantitative estimate of drug-likeness (QED) is 0.842. The zero-order valence-corrected chi connectivity index (χ0v) is 9.36. The molecule has 84 valence electrons. The summed E-state index contributed by atoms with van der Waals surface area (Å²) in [6, 6.07) is 8.99. The van der Waals surface area contributed by atoms with E-state index >= 15 is 0 Å². The minimum Gasteiger partial charge on any atom is -0.497 e. The summed E-state index contributed by atoms with van der Waals surface area (Å²) in [5, 5.41) is 11.4. The van der Waals surface area contributed by atoms with E-state index in [-0.39, 0.29) is 5.91 Å². The average Bonchev–Trinajstić information content (AvgIpc) is 2.31. The third-order valence-corrected chi connectivity index (χ3v) is 2.22. The van der Waals surface area contributed by atoms with Gasteiger partial charge in [-0.1, -0.05) is 13.0 Å². The Morgan fingerprint density at radius 1 is 1.62 bits per heavy atom. The molecule has 0 aliphatic carbocycles. The minimum absolute atomic E-state index is 0.279. The molecule has 0 saturated carbocycles. The zero-order valence-electron chi connectivity index (χ0n) is 9.36. The number of nitrogens with zero attached hydrogens (tertiary/aromatic N) is 1. The SMILES string of the molecule is CCC(C#N)C(=O)Nc1cccc(OC)c1. The van der Waals surface area contributed by atoms with Gasteiger partial charge in [0.1, 0.15) is 11.7 Å². The third kappa shape index (κ3) is 2.99. The fraction of sp³-hybridized carbons (Fsp3) is 0.333. The molecular weight excluding hydrogens is 204 g/mol. The van der Waals surface area contributed by atoms with Crippen molar-refractivity contribution >= 4 is 11.6 Å². The van der Waals surface area contributed by atoms with Crippen LogP contribution in [0, 0.1) is 17.2 Å². The number of methoxy groups -OCH3 is 1. The Labute approximate surface area is 94.8 Å². The first-order valence-electron chi connectivity index (χ1n) is 5.05. The molecule has 0 saturated heterocycles. The normalized spacial score (nSPS) is 11.3. The number of hydrogen-bond donors (Lipinski definition) is 1. The van der Waals surface area contributed by atoms with Crippen molar-refractivity contribution < 1.29 is 9.53 Å². The third-order valence-electron chi connectivity index (χ3n) is 2.22. The molecule has 1 aromatic carbocycles. The minimum atomic E-state index is -0.605. The lowest BCUT2D eigenvalue weighted by Gasteiger charge is -2.09. The molecule has 0 bridgehead atoms. The molecule has 4 heteroatoms. The number of carbonyl (C=O) groups excluding carboxylic acids is 1. The Balaban J connectivity index is 2.73. The van der Waals surface area contributed by atoms with E-state index in [0.29, 0.717) is 17.9 Å². The van der Waals surface area contributed by atoms with Gasteiger partial charge in [-0.15, -0.1) is 0 Å². The van der Waals surface area contributed by atoms with Crippen LogP contribution in [-0.2, 0) is 4.79 Å². The molecule has 1 aromatic rings. The predicted octanol–water partition coefficient (Wildman–Crippen LogP) is 2.18. The lowest BCUT2D eigenvalue weighted by molar-refractivity contribution is -0.118. The second kappa shape index (κ2) is 5.76. The van der Waals surface area contributed by atoms with E-state index < -0.39 is 5.92 Å². The van der Waals surface area contributed by atoms with Crippen molar-refractivity contribution in [2.75, 3.05) is 12.4 Å². The lowest BCUT2D eigenvalue weighted by Crippen LogP contribution is -2.20. The Kier molecular flexibility index (Phi) is 4.34. The van der Waals surface area contributed by atoms with E-state index in [9.17, 15) is 4.79 Å². The fourth-order valence-electron chi connectivity index (χ4n) is 1.27. The highest BCUT2D eigenvalue weighted by Gasteiger charge is 2.15. The summed E-state index contributed by atoms with van der Waals surface area (Å²) < 4.78 is 5.03. The van der Waals surface area contributed by atoms with E-state index in [1.807, 2.05) is 6.07 Å². The molecule has 16 heavy (non-hydrogen) atoms. The Morgan fingerprint density at radius 3 is 2.94 bits per heavy atom. The van der Waals surface area contributed by atoms with Gasteiger partial charge < -0.3 is 10.1 Å². The van der Waals surface area contributed by atoms with Crippen LogP contribution < -0.4 is 10.1 Å². The standard InChI is InChI=1S/C12H14N2O2/c1-3-9(8-13)12(15)14-10-5-4-6-11(7-10)16-2/h4-7,9H,3H2,1-2H3,(H,14,15). The van der Waals surface area contributed by atoms with Crippen LogP contribution in [0.2, 0.25) is 0 Å². The van der Waals surface area contributed by atoms with Crippen LogP contribution in [0.15, 0.2) is 24.3 Å². The highest BCUT2D eigenvalue weighted by molar-refractivity contribution is 5.94. The van der Waals surface area contributed by atoms with Crippen LogP contribution in [0.3, 0.4) is 0 Å². The molecule has 0 aliphatic heterocycles. The molecule has 0 aliphatic rings. The molecule has 1 unspecified atom stereocenters. The first kappa shape index (κ1) is 12.1. The zero-order chi connectivity index (χ0) is 12.0. The number of nitriles is 1. The Morgan fingerprint density at radius 2 is 2.38 bits per heavy atom. The van der Waals surface area contributed by atoms with Crippen LogP contribution in [0.1, 0.15) is 13.3 Å². The molecule has 1 N–H and O–H groups in total. The van der Waals surface area contributed by atoms with E-state index in [0.717, 1.165) is 0 Å². The van der Waals surface area contributed by atoms with Crippen LogP contribution in [0.5, 0.6) is 5.75 Å². The first-order valence-corrected chi connectivity index (χ1v) is 5.05. The van der Waals surface area contributed by atoms with Crippen LogP contribution in [0.4, 0.5) is 5.69 Å². The molecule has 0 spiro atoms. The highest BCUT2D eigenvalue weighted by Crippen LogP contribution is 2.17. The lowest BCUT2D eigenvalue weighted by atomic mass is 10.1. The monoisotopic (exact) mass is 218 g/mol. The van der Waals surface area contributed by atoms with Crippen molar-refractivity contribution in [3.63, 3.8) is 0 Å². The Hall–Kier alpha value is -2.02. The summed E-state index contributed by atoms with van der Waals surface area (Å²) >= 11 is 0. The molecule has 1 atom stereocenters. The summed E-state index contributed by atoms with van der Waals surface area (Å²) in [5.41, 5.74) is 0.637. The number of benzene rings is 1. The molecule has 1 amide bonds. The summed E-state index contributed by atoms with van der Waals surface area (Å²) in [6.45, 7) is 1.80. The van der Waals surface area contributed by atoms with Crippen molar-refractivity contribution in [3.05, 3.63) is 24.3 Å². The van der Waals surface area contributed by atoms with Gasteiger partial charge in [0.05, 0.1) is 13.2 Å². The molecule has 0 aromatic heterocycles. The number of ether oxygens (including phenoxy) is 1. The van der Waals surface area contributed by atoms with Gasteiger partial charge in [-0.2, -0.15) is 5.26 Å². The van der Waals surface area contributed by atoms with Gasteiger partial charge in [0.25, 0.3) is 0 Å². The summed E-state index contributed by atoms with van der Waals surface area (Å²) in [6.07, 6.45) is 0.506. The van der Waals surface area contributed by atoms with E-state index in [2.05, 4.69) is 5.32 Å². The number of rotatable bonds is 4. The first-order chi connectivity index (χ1) is 7.71. The maximum absolute atomic E-state index is 11.6. The maximum Gasteiger partial charge on any atom is 0.241 e. The topological polar surface area (TPSA) is 62.1 Å². The van der Waals surface area contributed by atoms with Crippen molar-refractivity contribution in [2.45, 2.75) is 13.3 Å². The van der Waals surface area contributed by atoms with Gasteiger partial charge in [-0.25, -0.2) is 0 Å². The molecule has 1 rings (SSSR count). The fourth-order valence-corrected chi connectivity index (χ4v) is 1.27. The van der Waals surface area contributed by atoms with Gasteiger partial charge in [0.2, 0.25) is 5.91 Å². The van der Waals surface area contributed by atoms with Crippen LogP contribution in [0.25, 0.3) is 0 Å². The second-order valence-electron chi connectivity index (χ2n) is 3.31.